The normalized spacial score (nSPS) is 15.0. The van der Waals surface area contributed by atoms with Crippen LogP contribution in [0.3, 0.4) is 0 Å². The smallest absolute Gasteiger partial charge is 0.298 e. The van der Waals surface area contributed by atoms with Gasteiger partial charge >= 0.3 is 0 Å². The van der Waals surface area contributed by atoms with Crippen LogP contribution in [0.1, 0.15) is 12.0 Å². The van der Waals surface area contributed by atoms with Crippen LogP contribution in [0.25, 0.3) is 17.0 Å². The number of carbonyl (C=O) groups excluding carboxylic acids is 3. The lowest BCUT2D eigenvalue weighted by molar-refractivity contribution is -0.121. The number of nitrogens with one attached hydrogen (secondary N) is 1. The molecule has 1 fully saturated rings. The van der Waals surface area contributed by atoms with Crippen molar-refractivity contribution in [2.24, 2.45) is 0 Å². The molecule has 0 aliphatic carbocycles. The summed E-state index contributed by atoms with van der Waals surface area (Å²) in [4.78, 5) is 39.6. The van der Waals surface area contributed by atoms with Crippen LogP contribution in [0.2, 0.25) is 5.02 Å². The maximum Gasteiger partial charge on any atom is 0.298 e. The molecule has 1 saturated heterocycles. The summed E-state index contributed by atoms with van der Waals surface area (Å²) in [5.74, 6) is -0.534. The Hall–Kier alpha value is -2.59. The highest BCUT2D eigenvalue weighted by atomic mass is 79.9. The molecule has 3 amide bonds. The predicted molar refractivity (Wildman–Crippen MR) is 139 cm³/mol. The predicted octanol–water partition coefficient (Wildman–Crippen LogP) is 5.45. The van der Waals surface area contributed by atoms with Crippen LogP contribution >= 0.6 is 39.3 Å². The SMILES string of the molecule is COCCCNC(=O)Cn1cc(/C=C2\SC(=O)N(c3cccc(Cl)c3)C2=O)c2cc(Br)ccc21. The van der Waals surface area contributed by atoms with Crippen molar-refractivity contribution in [1.82, 2.24) is 9.88 Å². The Morgan fingerprint density at radius 1 is 1.24 bits per heavy atom. The van der Waals surface area contributed by atoms with Crippen LogP contribution in [0.15, 0.2) is 58.0 Å². The highest BCUT2D eigenvalue weighted by Gasteiger charge is 2.36. The molecule has 0 atom stereocenters. The zero-order chi connectivity index (χ0) is 24.2. The second kappa shape index (κ2) is 10.8. The van der Waals surface area contributed by atoms with E-state index in [2.05, 4.69) is 21.2 Å². The van der Waals surface area contributed by atoms with Crippen molar-refractivity contribution in [3.63, 3.8) is 0 Å². The van der Waals surface area contributed by atoms with E-state index in [0.29, 0.717) is 28.8 Å². The summed E-state index contributed by atoms with van der Waals surface area (Å²) in [5, 5.41) is 3.79. The van der Waals surface area contributed by atoms with Crippen LogP contribution in [-0.4, -0.2) is 41.9 Å². The molecule has 7 nitrogen and oxygen atoms in total. The number of methoxy groups -OCH3 is 1. The van der Waals surface area contributed by atoms with Crippen LogP contribution in [0.5, 0.6) is 0 Å². The summed E-state index contributed by atoms with van der Waals surface area (Å²) in [6, 6.07) is 12.3. The third-order valence-electron chi connectivity index (χ3n) is 5.18. The van der Waals surface area contributed by atoms with E-state index in [1.807, 2.05) is 29.0 Å². The molecule has 2 heterocycles. The minimum absolute atomic E-state index is 0.122. The number of anilines is 1. The zero-order valence-corrected chi connectivity index (χ0v) is 21.4. The first-order valence-corrected chi connectivity index (χ1v) is 12.4. The molecule has 2 aromatic carbocycles. The fourth-order valence-electron chi connectivity index (χ4n) is 3.64. The number of ether oxygens (including phenoxy) is 1. The van der Waals surface area contributed by atoms with Crippen molar-refractivity contribution in [2.75, 3.05) is 25.2 Å². The molecule has 0 spiro atoms. The molecule has 0 unspecified atom stereocenters. The van der Waals surface area contributed by atoms with Crippen LogP contribution < -0.4 is 10.2 Å². The number of hydrogen-bond acceptors (Lipinski definition) is 5. The Morgan fingerprint density at radius 2 is 2.06 bits per heavy atom. The largest absolute Gasteiger partial charge is 0.385 e. The van der Waals surface area contributed by atoms with E-state index >= 15 is 0 Å². The maximum absolute atomic E-state index is 13.1. The van der Waals surface area contributed by atoms with Crippen molar-refractivity contribution in [1.29, 1.82) is 0 Å². The Labute approximate surface area is 214 Å². The van der Waals surface area contributed by atoms with Gasteiger partial charge in [0.2, 0.25) is 5.91 Å². The van der Waals surface area contributed by atoms with E-state index in [-0.39, 0.29) is 17.7 Å². The molecule has 0 radical (unpaired) electrons. The van der Waals surface area contributed by atoms with Crippen LogP contribution in [0, 0.1) is 0 Å². The maximum atomic E-state index is 13.1. The van der Waals surface area contributed by atoms with Crippen molar-refractivity contribution in [3.05, 3.63) is 68.6 Å². The first kappa shape index (κ1) is 24.5. The molecular weight excluding hydrogens is 542 g/mol. The van der Waals surface area contributed by atoms with E-state index < -0.39 is 5.91 Å². The number of carbonyl (C=O) groups is 3. The Kier molecular flexibility index (Phi) is 7.77. The lowest BCUT2D eigenvalue weighted by Crippen LogP contribution is -2.28. The van der Waals surface area contributed by atoms with Gasteiger partial charge in [0.05, 0.1) is 10.6 Å². The third kappa shape index (κ3) is 5.38. The third-order valence-corrected chi connectivity index (χ3v) is 6.78. The second-order valence-corrected chi connectivity index (χ2v) is 9.91. The van der Waals surface area contributed by atoms with E-state index in [4.69, 9.17) is 16.3 Å². The lowest BCUT2D eigenvalue weighted by atomic mass is 10.1. The van der Waals surface area contributed by atoms with Crippen LogP contribution in [0.4, 0.5) is 10.5 Å². The molecule has 0 saturated carbocycles. The number of imide groups is 1. The number of fused-ring (bicyclic) bond motifs is 1. The van der Waals surface area contributed by atoms with Crippen molar-refractivity contribution in [2.45, 2.75) is 13.0 Å². The molecule has 1 N–H and O–H groups in total. The first-order valence-electron chi connectivity index (χ1n) is 10.4. The summed E-state index contributed by atoms with van der Waals surface area (Å²) in [6.07, 6.45) is 4.24. The van der Waals surface area contributed by atoms with E-state index in [9.17, 15) is 14.4 Å². The average Bonchev–Trinajstić information content (AvgIpc) is 3.27. The number of aromatic nitrogens is 1. The van der Waals surface area contributed by atoms with Gasteiger partial charge in [-0.25, -0.2) is 4.90 Å². The molecule has 0 bridgehead atoms. The lowest BCUT2D eigenvalue weighted by Gasteiger charge is -2.12. The van der Waals surface area contributed by atoms with E-state index in [0.717, 1.165) is 44.0 Å². The fourth-order valence-corrected chi connectivity index (χ4v) is 5.02. The summed E-state index contributed by atoms with van der Waals surface area (Å²) >= 11 is 10.4. The number of amides is 3. The number of rotatable bonds is 8. The van der Waals surface area contributed by atoms with Gasteiger partial charge in [-0.05, 0) is 60.7 Å². The van der Waals surface area contributed by atoms with Gasteiger partial charge in [0.25, 0.3) is 11.1 Å². The zero-order valence-electron chi connectivity index (χ0n) is 18.2. The number of halogens is 2. The molecular formula is C24H21BrClN3O4S. The monoisotopic (exact) mass is 561 g/mol. The van der Waals surface area contributed by atoms with Gasteiger partial charge in [-0.2, -0.15) is 0 Å². The quantitative estimate of drug-likeness (QED) is 0.292. The molecule has 1 aliphatic heterocycles. The average molecular weight is 563 g/mol. The minimum Gasteiger partial charge on any atom is -0.385 e. The number of hydrogen-bond donors (Lipinski definition) is 1. The first-order chi connectivity index (χ1) is 16.4. The Bertz CT molecular complexity index is 1310. The van der Waals surface area contributed by atoms with Gasteiger partial charge in [-0.3, -0.25) is 14.4 Å². The summed E-state index contributed by atoms with van der Waals surface area (Å²) < 4.78 is 7.70. The van der Waals surface area contributed by atoms with E-state index in [1.165, 1.54) is 0 Å². The summed E-state index contributed by atoms with van der Waals surface area (Å²) in [7, 11) is 1.62. The van der Waals surface area contributed by atoms with Gasteiger partial charge in [0, 0.05) is 52.4 Å². The molecule has 176 valence electrons. The van der Waals surface area contributed by atoms with E-state index in [1.54, 1.807) is 37.5 Å². The topological polar surface area (TPSA) is 80.6 Å². The standard InChI is InChI=1S/C24H21BrClN3O4S/c1-33-9-3-8-27-22(30)14-28-13-15(19-11-16(25)6-7-20(19)28)10-21-23(31)29(24(32)34-21)18-5-2-4-17(26)12-18/h2,4-7,10-13H,3,8-9,14H2,1H3,(H,27,30)/b21-10-. The number of benzene rings is 2. The summed E-state index contributed by atoms with van der Waals surface area (Å²) in [5.41, 5.74) is 2.00. The highest BCUT2D eigenvalue weighted by molar-refractivity contribution is 9.10. The highest BCUT2D eigenvalue weighted by Crippen LogP contribution is 2.37. The minimum atomic E-state index is -0.413. The van der Waals surface area contributed by atoms with Gasteiger partial charge in [-0.1, -0.05) is 33.6 Å². The van der Waals surface area contributed by atoms with Gasteiger partial charge in [0.15, 0.2) is 0 Å². The molecule has 34 heavy (non-hydrogen) atoms. The fraction of sp³-hybridized carbons (Fsp3) is 0.208. The van der Waals surface area contributed by atoms with Gasteiger partial charge in [0.1, 0.15) is 6.54 Å². The molecule has 10 heteroatoms. The van der Waals surface area contributed by atoms with Crippen molar-refractivity contribution >= 4 is 79.0 Å². The van der Waals surface area contributed by atoms with Crippen molar-refractivity contribution in [3.8, 4) is 0 Å². The van der Waals surface area contributed by atoms with Crippen LogP contribution in [-0.2, 0) is 20.9 Å². The van der Waals surface area contributed by atoms with Crippen molar-refractivity contribution < 1.29 is 19.1 Å². The Morgan fingerprint density at radius 3 is 2.82 bits per heavy atom. The summed E-state index contributed by atoms with van der Waals surface area (Å²) in [6.45, 7) is 1.24. The Balaban J connectivity index is 1.63. The molecule has 4 rings (SSSR count). The molecule has 3 aromatic rings. The number of nitrogens with zero attached hydrogens (tertiary/aromatic N) is 2. The van der Waals surface area contributed by atoms with Gasteiger partial charge in [-0.15, -0.1) is 0 Å². The molecule has 1 aliphatic rings. The number of thioether (sulfide) groups is 1. The van der Waals surface area contributed by atoms with Gasteiger partial charge < -0.3 is 14.6 Å². The second-order valence-electron chi connectivity index (χ2n) is 7.57. The molecule has 1 aromatic heterocycles.